The van der Waals surface area contributed by atoms with Crippen LogP contribution in [0.15, 0.2) is 35.1 Å². The average molecular weight is 192 g/mol. The average Bonchev–Trinajstić information content (AvgIpc) is 2.46. The van der Waals surface area contributed by atoms with Crippen LogP contribution < -0.4 is 5.56 Å². The Morgan fingerprint density at radius 2 is 2.07 bits per heavy atom. The summed E-state index contributed by atoms with van der Waals surface area (Å²) in [7, 11) is 1.67. The van der Waals surface area contributed by atoms with Crippen molar-refractivity contribution in [2.24, 2.45) is 7.05 Å². The van der Waals surface area contributed by atoms with Crippen molar-refractivity contribution in [3.63, 3.8) is 0 Å². The summed E-state index contributed by atoms with van der Waals surface area (Å²) in [6.45, 7) is 0. The number of aromatic amines is 1. The van der Waals surface area contributed by atoms with Crippen LogP contribution in [-0.4, -0.2) is 9.78 Å². The van der Waals surface area contributed by atoms with Crippen LogP contribution in [0.2, 0.25) is 0 Å². The van der Waals surface area contributed by atoms with E-state index in [0.29, 0.717) is 11.3 Å². The number of benzene rings is 1. The Kier molecular flexibility index (Phi) is 1.96. The molecule has 4 heteroatoms. The molecule has 3 nitrogen and oxygen atoms in total. The minimum absolute atomic E-state index is 0.231. The van der Waals surface area contributed by atoms with E-state index in [-0.39, 0.29) is 11.4 Å². The number of hydrogen-bond donors (Lipinski definition) is 1. The Labute approximate surface area is 79.8 Å². The monoisotopic (exact) mass is 192 g/mol. The van der Waals surface area contributed by atoms with Crippen LogP contribution in [0.3, 0.4) is 0 Å². The minimum atomic E-state index is -0.331. The largest absolute Gasteiger partial charge is 0.287 e. The standard InChI is InChI=1S/C10H9FN2O/c1-13-9(6-10(14)12-13)7-4-2-3-5-8(7)11/h2-6H,1H3,(H,12,14). The molecule has 0 aliphatic rings. The molecule has 2 aromatic rings. The van der Waals surface area contributed by atoms with Crippen LogP contribution in [0.25, 0.3) is 11.3 Å². The van der Waals surface area contributed by atoms with Crippen molar-refractivity contribution >= 4 is 0 Å². The highest BCUT2D eigenvalue weighted by atomic mass is 19.1. The van der Waals surface area contributed by atoms with E-state index in [2.05, 4.69) is 5.10 Å². The fraction of sp³-hybridized carbons (Fsp3) is 0.100. The maximum absolute atomic E-state index is 13.3. The molecule has 1 heterocycles. The van der Waals surface area contributed by atoms with Crippen molar-refractivity contribution in [2.75, 3.05) is 0 Å². The fourth-order valence-corrected chi connectivity index (χ4v) is 1.41. The number of halogens is 1. The molecule has 1 aromatic heterocycles. The fourth-order valence-electron chi connectivity index (χ4n) is 1.41. The lowest BCUT2D eigenvalue weighted by molar-refractivity contribution is 0.628. The van der Waals surface area contributed by atoms with Gasteiger partial charge in [0.1, 0.15) is 5.82 Å². The van der Waals surface area contributed by atoms with Crippen LogP contribution in [0.1, 0.15) is 0 Å². The van der Waals surface area contributed by atoms with Gasteiger partial charge in [0.05, 0.1) is 5.69 Å². The Bertz CT molecular complexity index is 513. The molecule has 0 saturated carbocycles. The number of rotatable bonds is 1. The molecule has 0 radical (unpaired) electrons. The molecule has 0 spiro atoms. The summed E-state index contributed by atoms with van der Waals surface area (Å²) < 4.78 is 14.8. The second-order valence-corrected chi connectivity index (χ2v) is 3.04. The quantitative estimate of drug-likeness (QED) is 0.730. The number of hydrogen-bond acceptors (Lipinski definition) is 1. The maximum Gasteiger partial charge on any atom is 0.264 e. The van der Waals surface area contributed by atoms with Crippen molar-refractivity contribution in [3.8, 4) is 11.3 Å². The molecule has 0 fully saturated rings. The SMILES string of the molecule is Cn1[nH]c(=O)cc1-c1ccccc1F. The molecule has 0 amide bonds. The number of nitrogens with zero attached hydrogens (tertiary/aromatic N) is 1. The first-order valence-electron chi connectivity index (χ1n) is 4.19. The minimum Gasteiger partial charge on any atom is -0.287 e. The third kappa shape index (κ3) is 1.35. The van der Waals surface area contributed by atoms with E-state index in [0.717, 1.165) is 0 Å². The van der Waals surface area contributed by atoms with Gasteiger partial charge < -0.3 is 0 Å². The molecule has 0 aliphatic carbocycles. The highest BCUT2D eigenvalue weighted by Crippen LogP contribution is 2.19. The van der Waals surface area contributed by atoms with Crippen molar-refractivity contribution in [3.05, 3.63) is 46.5 Å². The molecule has 0 aliphatic heterocycles. The molecule has 14 heavy (non-hydrogen) atoms. The molecular weight excluding hydrogens is 183 g/mol. The predicted molar refractivity (Wildman–Crippen MR) is 51.4 cm³/mol. The van der Waals surface area contributed by atoms with E-state index in [1.54, 1.807) is 25.2 Å². The van der Waals surface area contributed by atoms with E-state index in [4.69, 9.17) is 0 Å². The number of H-pyrrole nitrogens is 1. The van der Waals surface area contributed by atoms with Gasteiger partial charge in [0.15, 0.2) is 0 Å². The first-order valence-corrected chi connectivity index (χ1v) is 4.19. The Balaban J connectivity index is 2.66. The summed E-state index contributed by atoms with van der Waals surface area (Å²) in [6.07, 6.45) is 0. The molecule has 0 atom stereocenters. The zero-order valence-electron chi connectivity index (χ0n) is 7.62. The summed E-state index contributed by atoms with van der Waals surface area (Å²) in [5, 5.41) is 2.53. The molecule has 0 bridgehead atoms. The Hall–Kier alpha value is -1.84. The van der Waals surface area contributed by atoms with Gasteiger partial charge in [0.25, 0.3) is 5.56 Å². The lowest BCUT2D eigenvalue weighted by Crippen LogP contribution is -2.01. The highest BCUT2D eigenvalue weighted by Gasteiger charge is 2.08. The number of aromatic nitrogens is 2. The van der Waals surface area contributed by atoms with Gasteiger partial charge in [-0.05, 0) is 12.1 Å². The molecular formula is C10H9FN2O. The number of nitrogens with one attached hydrogen (secondary N) is 1. The van der Waals surface area contributed by atoms with Gasteiger partial charge in [-0.25, -0.2) is 4.39 Å². The zero-order valence-corrected chi connectivity index (χ0v) is 7.62. The van der Waals surface area contributed by atoms with E-state index in [1.165, 1.54) is 16.8 Å². The first kappa shape index (κ1) is 8.74. The van der Waals surface area contributed by atoms with Gasteiger partial charge in [-0.1, -0.05) is 12.1 Å². The second kappa shape index (κ2) is 3.14. The lowest BCUT2D eigenvalue weighted by atomic mass is 10.1. The van der Waals surface area contributed by atoms with Crippen LogP contribution in [-0.2, 0) is 7.05 Å². The highest BCUT2D eigenvalue weighted by molar-refractivity contribution is 5.59. The summed E-state index contributed by atoms with van der Waals surface area (Å²) in [6, 6.07) is 7.72. The van der Waals surface area contributed by atoms with Crippen molar-refractivity contribution in [2.45, 2.75) is 0 Å². The third-order valence-corrected chi connectivity index (χ3v) is 2.06. The smallest absolute Gasteiger partial charge is 0.264 e. The van der Waals surface area contributed by atoms with E-state index in [9.17, 15) is 9.18 Å². The third-order valence-electron chi connectivity index (χ3n) is 2.06. The topological polar surface area (TPSA) is 37.8 Å². The van der Waals surface area contributed by atoms with Crippen molar-refractivity contribution in [1.29, 1.82) is 0 Å². The normalized spacial score (nSPS) is 10.4. The molecule has 2 rings (SSSR count). The van der Waals surface area contributed by atoms with Gasteiger partial charge in [0, 0.05) is 18.7 Å². The van der Waals surface area contributed by atoms with Gasteiger partial charge in [-0.3, -0.25) is 14.6 Å². The van der Waals surface area contributed by atoms with Crippen LogP contribution in [0.5, 0.6) is 0 Å². The molecule has 72 valence electrons. The lowest BCUT2D eigenvalue weighted by Gasteiger charge is -2.02. The van der Waals surface area contributed by atoms with E-state index < -0.39 is 0 Å². The van der Waals surface area contributed by atoms with Crippen molar-refractivity contribution < 1.29 is 4.39 Å². The molecule has 0 saturated heterocycles. The Morgan fingerprint density at radius 1 is 1.36 bits per heavy atom. The zero-order chi connectivity index (χ0) is 10.1. The van der Waals surface area contributed by atoms with Crippen molar-refractivity contribution in [1.82, 2.24) is 9.78 Å². The van der Waals surface area contributed by atoms with Crippen LogP contribution >= 0.6 is 0 Å². The summed E-state index contributed by atoms with van der Waals surface area (Å²) in [5.74, 6) is -0.331. The summed E-state index contributed by atoms with van der Waals surface area (Å²) >= 11 is 0. The molecule has 1 N–H and O–H groups in total. The molecule has 0 unspecified atom stereocenters. The van der Waals surface area contributed by atoms with E-state index >= 15 is 0 Å². The van der Waals surface area contributed by atoms with Gasteiger partial charge >= 0.3 is 0 Å². The second-order valence-electron chi connectivity index (χ2n) is 3.04. The van der Waals surface area contributed by atoms with E-state index in [1.807, 2.05) is 0 Å². The van der Waals surface area contributed by atoms with Gasteiger partial charge in [-0.2, -0.15) is 0 Å². The summed E-state index contributed by atoms with van der Waals surface area (Å²) in [5.41, 5.74) is 0.743. The number of aryl methyl sites for hydroxylation is 1. The first-order chi connectivity index (χ1) is 6.68. The predicted octanol–water partition coefficient (Wildman–Crippen LogP) is 1.52. The summed E-state index contributed by atoms with van der Waals surface area (Å²) in [4.78, 5) is 11.0. The Morgan fingerprint density at radius 3 is 2.64 bits per heavy atom. The maximum atomic E-state index is 13.3. The van der Waals surface area contributed by atoms with Crippen LogP contribution in [0, 0.1) is 5.82 Å². The molecule has 1 aromatic carbocycles. The van der Waals surface area contributed by atoms with Gasteiger partial charge in [0.2, 0.25) is 0 Å². The van der Waals surface area contributed by atoms with Crippen LogP contribution in [0.4, 0.5) is 4.39 Å². The van der Waals surface area contributed by atoms with Gasteiger partial charge in [-0.15, -0.1) is 0 Å².